The number of carbonyl (C=O) groups is 3. The Hall–Kier alpha value is -3.39. The number of carboxylic acids is 1. The van der Waals surface area contributed by atoms with Crippen molar-refractivity contribution in [3.05, 3.63) is 59.7 Å². The molecule has 8 heteroatoms. The number of carbonyl (C=O) groups excluding carboxylic acids is 2. The lowest BCUT2D eigenvalue weighted by Crippen LogP contribution is -2.53. The summed E-state index contributed by atoms with van der Waals surface area (Å²) in [5.41, 5.74) is 4.44. The molecule has 2 aromatic rings. The number of likely N-dealkylation sites (N-methyl/N-ethyl adjacent to an activating group) is 1. The van der Waals surface area contributed by atoms with E-state index in [-0.39, 0.29) is 19.1 Å². The predicted molar refractivity (Wildman–Crippen MR) is 116 cm³/mol. The largest absolute Gasteiger partial charge is 0.480 e. The van der Waals surface area contributed by atoms with Crippen LogP contribution >= 0.6 is 0 Å². The highest BCUT2D eigenvalue weighted by molar-refractivity contribution is 5.89. The Labute approximate surface area is 181 Å². The molecule has 1 aliphatic carbocycles. The summed E-state index contributed by atoms with van der Waals surface area (Å²) >= 11 is 0. The van der Waals surface area contributed by atoms with Crippen molar-refractivity contribution in [2.45, 2.75) is 24.9 Å². The summed E-state index contributed by atoms with van der Waals surface area (Å²) < 4.78 is 5.42. The number of alkyl carbamates (subject to hydrolysis) is 1. The maximum atomic E-state index is 12.3. The number of amides is 2. The molecule has 0 fully saturated rings. The van der Waals surface area contributed by atoms with Gasteiger partial charge in [-0.25, -0.2) is 9.59 Å². The molecule has 2 amide bonds. The summed E-state index contributed by atoms with van der Waals surface area (Å²) in [6, 6.07) is 14.0. The minimum absolute atomic E-state index is 0.0845. The second-order valence-electron chi connectivity index (χ2n) is 7.85. The van der Waals surface area contributed by atoms with Gasteiger partial charge in [0, 0.05) is 12.5 Å². The molecule has 8 nitrogen and oxygen atoms in total. The molecule has 0 saturated carbocycles. The Morgan fingerprint density at radius 2 is 1.55 bits per heavy atom. The van der Waals surface area contributed by atoms with Crippen LogP contribution in [0.5, 0.6) is 0 Å². The first-order chi connectivity index (χ1) is 14.8. The van der Waals surface area contributed by atoms with Gasteiger partial charge in [-0.2, -0.15) is 0 Å². The minimum Gasteiger partial charge on any atom is -0.480 e. The van der Waals surface area contributed by atoms with Gasteiger partial charge < -0.3 is 25.4 Å². The van der Waals surface area contributed by atoms with Crippen molar-refractivity contribution in [2.75, 3.05) is 27.2 Å². The molecular formula is C23H27N3O5. The Morgan fingerprint density at radius 1 is 1.00 bits per heavy atom. The molecule has 2 atom stereocenters. The van der Waals surface area contributed by atoms with Crippen molar-refractivity contribution in [2.24, 2.45) is 0 Å². The lowest BCUT2D eigenvalue weighted by atomic mass is 9.98. The van der Waals surface area contributed by atoms with Crippen LogP contribution in [0.3, 0.4) is 0 Å². The number of ether oxygens (including phenoxy) is 1. The zero-order chi connectivity index (χ0) is 22.5. The van der Waals surface area contributed by atoms with E-state index in [1.165, 1.54) is 6.92 Å². The van der Waals surface area contributed by atoms with Crippen LogP contribution in [-0.4, -0.2) is 67.3 Å². The number of benzene rings is 2. The standard InChI is InChI=1S/C23H27N3O5/c1-14(21(27)25-20(22(28)29)12-26(2)3)24-23(30)31-13-19-17-10-6-4-8-15(17)16-9-5-7-11-18(16)19/h4-11,14,19-20H,12-13H2,1-3H3,(H,24,30)(H,25,27)(H,28,29)/t14-,20-/m0/s1. The van der Waals surface area contributed by atoms with Gasteiger partial charge in [0.05, 0.1) is 0 Å². The molecule has 3 N–H and O–H groups in total. The molecule has 164 valence electrons. The monoisotopic (exact) mass is 425 g/mol. The second-order valence-corrected chi connectivity index (χ2v) is 7.85. The summed E-state index contributed by atoms with van der Waals surface area (Å²) in [4.78, 5) is 37.6. The first-order valence-electron chi connectivity index (χ1n) is 10.1. The van der Waals surface area contributed by atoms with Crippen molar-refractivity contribution in [1.82, 2.24) is 15.5 Å². The average Bonchev–Trinajstić information content (AvgIpc) is 3.05. The fourth-order valence-corrected chi connectivity index (χ4v) is 3.73. The second kappa shape index (κ2) is 9.61. The van der Waals surface area contributed by atoms with E-state index < -0.39 is 30.1 Å². The number of carboxylic acid groups (broad SMARTS) is 1. The van der Waals surface area contributed by atoms with Gasteiger partial charge in [0.1, 0.15) is 18.7 Å². The highest BCUT2D eigenvalue weighted by atomic mass is 16.5. The van der Waals surface area contributed by atoms with Crippen molar-refractivity contribution in [1.29, 1.82) is 0 Å². The molecular weight excluding hydrogens is 398 g/mol. The first kappa shape index (κ1) is 22.3. The number of aliphatic carboxylic acids is 1. The highest BCUT2D eigenvalue weighted by Crippen LogP contribution is 2.44. The van der Waals surface area contributed by atoms with E-state index in [9.17, 15) is 19.5 Å². The van der Waals surface area contributed by atoms with E-state index in [0.717, 1.165) is 22.3 Å². The van der Waals surface area contributed by atoms with Crippen molar-refractivity contribution in [3.63, 3.8) is 0 Å². The summed E-state index contributed by atoms with van der Waals surface area (Å²) in [6.45, 7) is 1.75. The van der Waals surface area contributed by atoms with E-state index in [0.29, 0.717) is 0 Å². The fourth-order valence-electron chi connectivity index (χ4n) is 3.73. The number of nitrogens with zero attached hydrogens (tertiary/aromatic N) is 1. The van der Waals surface area contributed by atoms with Crippen LogP contribution in [0.2, 0.25) is 0 Å². The molecule has 0 aromatic heterocycles. The SMILES string of the molecule is C[C@H](NC(=O)OCC1c2ccccc2-c2ccccc21)C(=O)N[C@@H](CN(C)C)C(=O)O. The fraction of sp³-hybridized carbons (Fsp3) is 0.348. The Balaban J connectivity index is 1.58. The third kappa shape index (κ3) is 5.21. The van der Waals surface area contributed by atoms with Gasteiger partial charge in [0.25, 0.3) is 0 Å². The van der Waals surface area contributed by atoms with Crippen LogP contribution in [0, 0.1) is 0 Å². The third-order valence-corrected chi connectivity index (χ3v) is 5.23. The van der Waals surface area contributed by atoms with Gasteiger partial charge in [0.2, 0.25) is 5.91 Å². The smallest absolute Gasteiger partial charge is 0.407 e. The topological polar surface area (TPSA) is 108 Å². The Morgan fingerprint density at radius 3 is 2.06 bits per heavy atom. The number of nitrogens with one attached hydrogen (secondary N) is 2. The number of fused-ring (bicyclic) bond motifs is 3. The van der Waals surface area contributed by atoms with E-state index >= 15 is 0 Å². The molecule has 0 bridgehead atoms. The molecule has 31 heavy (non-hydrogen) atoms. The van der Waals surface area contributed by atoms with E-state index in [4.69, 9.17) is 4.74 Å². The van der Waals surface area contributed by atoms with E-state index in [1.54, 1.807) is 19.0 Å². The van der Waals surface area contributed by atoms with Crippen LogP contribution < -0.4 is 10.6 Å². The quantitative estimate of drug-likeness (QED) is 0.597. The zero-order valence-corrected chi connectivity index (χ0v) is 17.8. The molecule has 0 unspecified atom stereocenters. The van der Waals surface area contributed by atoms with Crippen molar-refractivity contribution in [3.8, 4) is 11.1 Å². The maximum Gasteiger partial charge on any atom is 0.407 e. The van der Waals surface area contributed by atoms with E-state index in [1.807, 2.05) is 48.5 Å². The van der Waals surface area contributed by atoms with Crippen LogP contribution in [-0.2, 0) is 14.3 Å². The van der Waals surface area contributed by atoms with Crippen LogP contribution in [0.1, 0.15) is 24.0 Å². The molecule has 1 aliphatic rings. The minimum atomic E-state index is -1.14. The van der Waals surface area contributed by atoms with Crippen molar-refractivity contribution >= 4 is 18.0 Å². The van der Waals surface area contributed by atoms with Crippen LogP contribution in [0.15, 0.2) is 48.5 Å². The molecule has 0 heterocycles. The van der Waals surface area contributed by atoms with Gasteiger partial charge in [-0.3, -0.25) is 4.79 Å². The number of rotatable bonds is 8. The molecule has 0 spiro atoms. The molecule has 0 saturated heterocycles. The zero-order valence-electron chi connectivity index (χ0n) is 17.8. The van der Waals surface area contributed by atoms with Gasteiger partial charge in [0.15, 0.2) is 0 Å². The van der Waals surface area contributed by atoms with Gasteiger partial charge >= 0.3 is 12.1 Å². The third-order valence-electron chi connectivity index (χ3n) is 5.23. The molecule has 0 aliphatic heterocycles. The normalized spacial score (nSPS) is 14.3. The first-order valence-corrected chi connectivity index (χ1v) is 10.1. The van der Waals surface area contributed by atoms with Gasteiger partial charge in [-0.05, 0) is 43.3 Å². The lowest BCUT2D eigenvalue weighted by molar-refractivity contribution is -0.142. The predicted octanol–water partition coefficient (Wildman–Crippen LogP) is 2.04. The summed E-state index contributed by atoms with van der Waals surface area (Å²) in [7, 11) is 3.42. The Bertz CT molecular complexity index is 930. The highest BCUT2D eigenvalue weighted by Gasteiger charge is 2.30. The average molecular weight is 425 g/mol. The summed E-state index contributed by atoms with van der Waals surface area (Å²) in [6.07, 6.45) is -0.732. The van der Waals surface area contributed by atoms with Crippen LogP contribution in [0.4, 0.5) is 4.79 Å². The number of hydrogen-bond acceptors (Lipinski definition) is 5. The maximum absolute atomic E-state index is 12.3. The molecule has 2 aromatic carbocycles. The summed E-state index contributed by atoms with van der Waals surface area (Å²) in [5.74, 6) is -1.82. The number of hydrogen-bond donors (Lipinski definition) is 3. The van der Waals surface area contributed by atoms with E-state index in [2.05, 4.69) is 10.6 Å². The van der Waals surface area contributed by atoms with Gasteiger partial charge in [-0.1, -0.05) is 48.5 Å². The Kier molecular flexibility index (Phi) is 6.91. The molecule has 3 rings (SSSR count). The van der Waals surface area contributed by atoms with Crippen molar-refractivity contribution < 1.29 is 24.2 Å². The molecule has 0 radical (unpaired) electrons. The van der Waals surface area contributed by atoms with Gasteiger partial charge in [-0.15, -0.1) is 0 Å². The lowest BCUT2D eigenvalue weighted by Gasteiger charge is -2.21. The van der Waals surface area contributed by atoms with Crippen LogP contribution in [0.25, 0.3) is 11.1 Å². The summed E-state index contributed by atoms with van der Waals surface area (Å²) in [5, 5.41) is 14.1.